The molecule has 202 valence electrons. The molecule has 4 amide bonds. The molecule has 5 rings (SSSR count). The molecule has 2 aromatic heterocycles. The number of primary amides is 1. The molecule has 0 aromatic carbocycles. The lowest BCUT2D eigenvalue weighted by molar-refractivity contribution is -0.689. The van der Waals surface area contributed by atoms with Crippen LogP contribution in [0.25, 0.3) is 0 Å². The quantitative estimate of drug-likeness (QED) is 0.0895. The zero-order chi connectivity index (χ0) is 27.7. The number of nitrogens with zero attached hydrogens (tertiary/aromatic N) is 4. The van der Waals surface area contributed by atoms with Gasteiger partial charge in [-0.25, -0.2) is 14.3 Å². The molecule has 16 heteroatoms. The number of thioether (sulfide) groups is 1. The molecule has 1 saturated carbocycles. The minimum atomic E-state index is -1.26. The number of rotatable bonds is 11. The summed E-state index contributed by atoms with van der Waals surface area (Å²) in [6, 6.07) is 2.06. The van der Waals surface area contributed by atoms with E-state index in [4.69, 9.17) is 10.6 Å². The van der Waals surface area contributed by atoms with E-state index in [1.165, 1.54) is 34.2 Å². The predicted octanol–water partition coefficient (Wildman–Crippen LogP) is -0.580. The summed E-state index contributed by atoms with van der Waals surface area (Å²) in [6.45, 7) is 0.178. The largest absolute Gasteiger partial charge is 0.477 e. The van der Waals surface area contributed by atoms with Gasteiger partial charge in [0.05, 0.1) is 5.56 Å². The Morgan fingerprint density at radius 1 is 1.31 bits per heavy atom. The van der Waals surface area contributed by atoms with Crippen LogP contribution in [-0.4, -0.2) is 74.1 Å². The molecule has 39 heavy (non-hydrogen) atoms. The molecule has 2 atom stereocenters. The number of nitrogens with two attached hydrogens (primary N) is 1. The number of thiazole rings is 1. The van der Waals surface area contributed by atoms with E-state index < -0.39 is 35.1 Å². The number of carbonyl (C=O) groups is 5. The van der Waals surface area contributed by atoms with Crippen LogP contribution in [0, 0.1) is 0 Å². The second-order valence-electron chi connectivity index (χ2n) is 8.79. The number of β-lactam (4-membered cyclic amide) rings is 1. The minimum absolute atomic E-state index is 0.0970. The Morgan fingerprint density at radius 3 is 2.69 bits per heavy atom. The van der Waals surface area contributed by atoms with E-state index in [2.05, 4.69) is 20.8 Å². The van der Waals surface area contributed by atoms with Gasteiger partial charge in [-0.3, -0.25) is 24.1 Å². The molecule has 4 heterocycles. The molecule has 2 aliphatic heterocycles. The highest BCUT2D eigenvalue weighted by Crippen LogP contribution is 2.40. The fraction of sp³-hybridized carbons (Fsp3) is 0.304. The van der Waals surface area contributed by atoms with Crippen molar-refractivity contribution in [1.29, 1.82) is 0 Å². The smallest absolute Gasteiger partial charge is 0.352 e. The van der Waals surface area contributed by atoms with Crippen LogP contribution in [0.1, 0.15) is 28.9 Å². The van der Waals surface area contributed by atoms with Crippen molar-refractivity contribution in [1.82, 2.24) is 15.2 Å². The van der Waals surface area contributed by atoms with Crippen LogP contribution in [0.5, 0.6) is 0 Å². The molecule has 1 saturated heterocycles. The lowest BCUT2D eigenvalue weighted by atomic mass is 10.0. The maximum absolute atomic E-state index is 13.2. The van der Waals surface area contributed by atoms with E-state index in [1.54, 1.807) is 17.0 Å². The lowest BCUT2D eigenvalue weighted by Gasteiger charge is -2.49. The second-order valence-corrected chi connectivity index (χ2v) is 10.7. The average molecular weight is 573 g/mol. The summed E-state index contributed by atoms with van der Waals surface area (Å²) in [4.78, 5) is 71.2. The fourth-order valence-electron chi connectivity index (χ4n) is 3.97. The van der Waals surface area contributed by atoms with Crippen LogP contribution >= 0.6 is 23.1 Å². The lowest BCUT2D eigenvalue weighted by Crippen LogP contribution is -2.71. The standard InChI is InChI=1S/C23H21N7O7S2/c24-18(32)11-3-5-29(6-4-11)7-12-8-38-21-16(20(34)30(21)17(12)22(35)36)27-19(33)15(28-37-13-1-2-13)14-9-39-23(26-14)25-10-31/h3-6,9-10,13,16,21H,1-2,7-8H2,(H4-,24,25,26,27,31,32,33,35,36)/p+1/b28-15-/t16-,21-/m1/s1. The van der Waals surface area contributed by atoms with Gasteiger partial charge in [-0.2, -0.15) is 0 Å². The number of carbonyl (C=O) groups excluding carboxylic acids is 4. The number of aliphatic carboxylic acids is 1. The molecule has 0 bridgehead atoms. The summed E-state index contributed by atoms with van der Waals surface area (Å²) in [5.41, 5.74) is 5.94. The van der Waals surface area contributed by atoms with Gasteiger partial charge < -0.3 is 26.3 Å². The van der Waals surface area contributed by atoms with Gasteiger partial charge in [0.15, 0.2) is 29.8 Å². The van der Waals surface area contributed by atoms with Crippen molar-refractivity contribution in [2.75, 3.05) is 11.1 Å². The Hall–Kier alpha value is -4.31. The van der Waals surface area contributed by atoms with Crippen LogP contribution in [0.2, 0.25) is 0 Å². The van der Waals surface area contributed by atoms with E-state index >= 15 is 0 Å². The van der Waals surface area contributed by atoms with Gasteiger partial charge in [-0.15, -0.1) is 23.1 Å². The van der Waals surface area contributed by atoms with Gasteiger partial charge in [0, 0.05) is 28.8 Å². The number of carboxylic acid groups (broad SMARTS) is 1. The van der Waals surface area contributed by atoms with Gasteiger partial charge in [0.1, 0.15) is 28.9 Å². The van der Waals surface area contributed by atoms with Crippen LogP contribution in [0.3, 0.4) is 0 Å². The molecule has 0 spiro atoms. The number of anilines is 1. The highest BCUT2D eigenvalue weighted by molar-refractivity contribution is 8.00. The van der Waals surface area contributed by atoms with E-state index in [-0.39, 0.29) is 34.9 Å². The Labute approximate surface area is 228 Å². The van der Waals surface area contributed by atoms with Crippen molar-refractivity contribution in [3.63, 3.8) is 0 Å². The van der Waals surface area contributed by atoms with E-state index in [0.717, 1.165) is 24.2 Å². The zero-order valence-corrected chi connectivity index (χ0v) is 21.7. The normalized spacial score (nSPS) is 20.6. The monoisotopic (exact) mass is 572 g/mol. The van der Waals surface area contributed by atoms with Crippen LogP contribution < -0.4 is 20.9 Å². The third-order valence-electron chi connectivity index (χ3n) is 6.05. The van der Waals surface area contributed by atoms with Crippen molar-refractivity contribution in [2.45, 2.75) is 36.9 Å². The van der Waals surface area contributed by atoms with Gasteiger partial charge in [0.25, 0.3) is 11.8 Å². The summed E-state index contributed by atoms with van der Waals surface area (Å²) >= 11 is 2.41. The number of carboxylic acids is 1. The summed E-state index contributed by atoms with van der Waals surface area (Å²) in [5.74, 6) is -2.84. The van der Waals surface area contributed by atoms with Gasteiger partial charge in [-0.1, -0.05) is 5.16 Å². The molecular weight excluding hydrogens is 550 g/mol. The molecule has 14 nitrogen and oxygen atoms in total. The number of nitrogens with one attached hydrogen (secondary N) is 2. The third kappa shape index (κ3) is 5.46. The van der Waals surface area contributed by atoms with Crippen molar-refractivity contribution in [3.8, 4) is 0 Å². The van der Waals surface area contributed by atoms with Crippen molar-refractivity contribution >= 4 is 64.0 Å². The number of pyridine rings is 1. The zero-order valence-electron chi connectivity index (χ0n) is 20.1. The van der Waals surface area contributed by atoms with Crippen LogP contribution in [-0.2, 0) is 30.6 Å². The molecule has 2 aromatic rings. The van der Waals surface area contributed by atoms with Gasteiger partial charge in [0.2, 0.25) is 12.3 Å². The summed E-state index contributed by atoms with van der Waals surface area (Å²) < 4.78 is 1.68. The first-order chi connectivity index (χ1) is 18.8. The molecule has 1 aliphatic carbocycles. The van der Waals surface area contributed by atoms with Crippen LogP contribution in [0.15, 0.2) is 46.3 Å². The van der Waals surface area contributed by atoms with Crippen molar-refractivity contribution in [3.05, 3.63) is 52.4 Å². The number of hydrogen-bond acceptors (Lipinski definition) is 10. The number of oxime groups is 1. The van der Waals surface area contributed by atoms with Crippen molar-refractivity contribution < 1.29 is 38.5 Å². The predicted molar refractivity (Wildman–Crippen MR) is 137 cm³/mol. The van der Waals surface area contributed by atoms with Crippen LogP contribution in [0.4, 0.5) is 5.13 Å². The summed E-state index contributed by atoms with van der Waals surface area (Å²) in [6.07, 6.45) is 5.18. The SMILES string of the molecule is NC(=O)c1cc[n+](CC2=C(C(=O)O)N3C(=O)[C@@H](NC(=O)/C(=N\OC4CC4)c4csc(NC=O)n4)[C@H]3SC2)cc1. The Kier molecular flexibility index (Phi) is 7.30. The molecule has 0 radical (unpaired) electrons. The number of fused-ring (bicyclic) bond motifs is 1. The molecular formula is C23H22N7O7S2+. The second kappa shape index (κ2) is 10.8. The highest BCUT2D eigenvalue weighted by Gasteiger charge is 2.54. The highest BCUT2D eigenvalue weighted by atomic mass is 32.2. The molecule has 3 aliphatic rings. The first kappa shape index (κ1) is 26.3. The fourth-order valence-corrected chi connectivity index (χ4v) is 5.96. The molecule has 2 fully saturated rings. The Morgan fingerprint density at radius 2 is 2.05 bits per heavy atom. The third-order valence-corrected chi connectivity index (χ3v) is 8.16. The maximum Gasteiger partial charge on any atom is 0.352 e. The number of amides is 4. The summed E-state index contributed by atoms with van der Waals surface area (Å²) in [7, 11) is 0. The van der Waals surface area contributed by atoms with Gasteiger partial charge in [-0.05, 0) is 12.8 Å². The van der Waals surface area contributed by atoms with E-state index in [9.17, 15) is 29.1 Å². The number of aromatic nitrogens is 2. The van der Waals surface area contributed by atoms with Crippen molar-refractivity contribution in [2.24, 2.45) is 10.9 Å². The maximum atomic E-state index is 13.2. The number of hydrogen-bond donors (Lipinski definition) is 4. The Balaban J connectivity index is 1.32. The topological polar surface area (TPSA) is 197 Å². The van der Waals surface area contributed by atoms with Gasteiger partial charge >= 0.3 is 5.97 Å². The van der Waals surface area contributed by atoms with E-state index in [0.29, 0.717) is 23.3 Å². The minimum Gasteiger partial charge on any atom is -0.477 e. The molecule has 0 unspecified atom stereocenters. The average Bonchev–Trinajstić information content (AvgIpc) is 3.63. The first-order valence-electron chi connectivity index (χ1n) is 11.7. The van der Waals surface area contributed by atoms with E-state index in [1.807, 2.05) is 0 Å². The Bertz CT molecular complexity index is 1420. The molecule has 5 N–H and O–H groups in total. The summed E-state index contributed by atoms with van der Waals surface area (Å²) in [5, 5.41) is 20.1. The first-order valence-corrected chi connectivity index (χ1v) is 13.6.